The number of ether oxygens (including phenoxy) is 1. The molecule has 2 heterocycles. The van der Waals surface area contributed by atoms with E-state index in [-0.39, 0.29) is 28.1 Å². The fraction of sp³-hybridized carbons (Fsp3) is 0.360. The molecule has 4 rings (SSSR count). The molecule has 0 aromatic heterocycles. The van der Waals surface area contributed by atoms with Crippen LogP contribution < -0.4 is 0 Å². The van der Waals surface area contributed by atoms with Gasteiger partial charge in [0.25, 0.3) is 11.7 Å². The molecular weight excluding hydrogens is 489 g/mol. The number of carbonyl (C=O) groups excluding carboxylic acids is 2. The summed E-state index contributed by atoms with van der Waals surface area (Å²) in [6.45, 7) is 3.09. The molecule has 0 saturated carbocycles. The Morgan fingerprint density at radius 3 is 2.31 bits per heavy atom. The third-order valence-electron chi connectivity index (χ3n) is 6.41. The van der Waals surface area contributed by atoms with Crippen LogP contribution in [-0.4, -0.2) is 92.8 Å². The van der Waals surface area contributed by atoms with Gasteiger partial charge < -0.3 is 14.7 Å². The van der Waals surface area contributed by atoms with Gasteiger partial charge in [-0.15, -0.1) is 0 Å². The zero-order valence-electron chi connectivity index (χ0n) is 20.1. The van der Waals surface area contributed by atoms with Crippen molar-refractivity contribution in [2.45, 2.75) is 10.9 Å². The van der Waals surface area contributed by atoms with Gasteiger partial charge in [0.1, 0.15) is 11.6 Å². The van der Waals surface area contributed by atoms with Gasteiger partial charge in [-0.25, -0.2) is 17.1 Å². The third kappa shape index (κ3) is 4.92. The second-order valence-corrected chi connectivity index (χ2v) is 10.9. The van der Waals surface area contributed by atoms with E-state index in [0.29, 0.717) is 32.8 Å². The number of rotatable bonds is 7. The summed E-state index contributed by atoms with van der Waals surface area (Å²) in [4.78, 5) is 29.6. The maximum atomic E-state index is 14.9. The van der Waals surface area contributed by atoms with Crippen molar-refractivity contribution >= 4 is 27.5 Å². The highest BCUT2D eigenvalue weighted by Gasteiger charge is 2.46. The molecule has 0 bridgehead atoms. The molecule has 0 spiro atoms. The smallest absolute Gasteiger partial charge is 0.295 e. The number of morpholine rings is 1. The van der Waals surface area contributed by atoms with Crippen molar-refractivity contribution in [2.24, 2.45) is 0 Å². The van der Waals surface area contributed by atoms with E-state index < -0.39 is 39.3 Å². The van der Waals surface area contributed by atoms with E-state index in [9.17, 15) is 27.5 Å². The number of ketones is 1. The summed E-state index contributed by atoms with van der Waals surface area (Å²) in [6, 6.07) is 10.00. The number of amides is 1. The van der Waals surface area contributed by atoms with Crippen molar-refractivity contribution < 1.29 is 32.2 Å². The molecule has 1 unspecified atom stereocenters. The van der Waals surface area contributed by atoms with Crippen LogP contribution in [0.25, 0.3) is 5.76 Å². The van der Waals surface area contributed by atoms with Crippen molar-refractivity contribution in [2.75, 3.05) is 53.5 Å². The first-order valence-electron chi connectivity index (χ1n) is 11.5. The maximum absolute atomic E-state index is 14.9. The lowest BCUT2D eigenvalue weighted by atomic mass is 9.95. The number of aliphatic hydroxyl groups excluding tert-OH is 1. The van der Waals surface area contributed by atoms with Crippen molar-refractivity contribution in [1.29, 1.82) is 0 Å². The topological polar surface area (TPSA) is 107 Å². The second kappa shape index (κ2) is 10.5. The molecule has 2 aliphatic heterocycles. The minimum atomic E-state index is -3.70. The third-order valence-corrected chi connectivity index (χ3v) is 8.24. The average molecular weight is 518 g/mol. The van der Waals surface area contributed by atoms with Crippen molar-refractivity contribution in [3.05, 3.63) is 71.0 Å². The highest BCUT2D eigenvalue weighted by atomic mass is 32.2. The molecule has 2 aromatic rings. The molecule has 9 nitrogen and oxygen atoms in total. The summed E-state index contributed by atoms with van der Waals surface area (Å²) in [5.74, 6) is -2.86. The Morgan fingerprint density at radius 1 is 1.06 bits per heavy atom. The van der Waals surface area contributed by atoms with E-state index in [1.54, 1.807) is 6.07 Å². The molecule has 0 aliphatic carbocycles. The Morgan fingerprint density at radius 2 is 1.69 bits per heavy atom. The highest BCUT2D eigenvalue weighted by molar-refractivity contribution is 7.89. The summed E-state index contributed by atoms with van der Waals surface area (Å²) >= 11 is 0. The molecular formula is C25H28FN3O6S. The lowest BCUT2D eigenvalue weighted by molar-refractivity contribution is -0.140. The minimum Gasteiger partial charge on any atom is -0.507 e. The Balaban J connectivity index is 1.74. The standard InChI is InChI=1S/C25H28FN3O6S/c1-27(2)36(33,34)18-9-7-17(8-10-18)23(30)21-22(19-5-3-4-6-20(19)26)29(25(32)24(21)31)12-11-28-13-15-35-16-14-28/h3-10,22,30H,11-16H2,1-2H3/b23-21+. The molecule has 2 fully saturated rings. The predicted molar refractivity (Wildman–Crippen MR) is 130 cm³/mol. The van der Waals surface area contributed by atoms with Gasteiger partial charge in [-0.3, -0.25) is 14.5 Å². The number of aliphatic hydroxyl groups is 1. The summed E-state index contributed by atoms with van der Waals surface area (Å²) < 4.78 is 46.1. The quantitative estimate of drug-likeness (QED) is 0.339. The molecule has 1 atom stereocenters. The van der Waals surface area contributed by atoms with Crippen LogP contribution >= 0.6 is 0 Å². The number of Topliss-reactive ketones (excluding diaryl/α,β-unsaturated/α-hetero) is 1. The summed E-state index contributed by atoms with van der Waals surface area (Å²) in [7, 11) is -0.903. The zero-order valence-corrected chi connectivity index (χ0v) is 20.9. The number of halogens is 1. The van der Waals surface area contributed by atoms with Crippen LogP contribution in [0.1, 0.15) is 17.2 Å². The van der Waals surface area contributed by atoms with Gasteiger partial charge in [0.2, 0.25) is 10.0 Å². The van der Waals surface area contributed by atoms with Gasteiger partial charge in [0.15, 0.2) is 0 Å². The number of likely N-dealkylation sites (tertiary alicyclic amines) is 1. The van der Waals surface area contributed by atoms with E-state index in [1.807, 2.05) is 0 Å². The van der Waals surface area contributed by atoms with Gasteiger partial charge in [0.05, 0.1) is 29.7 Å². The van der Waals surface area contributed by atoms with Crippen LogP contribution in [0, 0.1) is 5.82 Å². The Labute approximate surface area is 209 Å². The number of carbonyl (C=O) groups is 2. The number of benzene rings is 2. The average Bonchev–Trinajstić information content (AvgIpc) is 3.12. The molecule has 1 N–H and O–H groups in total. The molecule has 2 aromatic carbocycles. The summed E-state index contributed by atoms with van der Waals surface area (Å²) in [5, 5.41) is 11.1. The first-order chi connectivity index (χ1) is 17.1. The van der Waals surface area contributed by atoms with E-state index in [2.05, 4.69) is 4.90 Å². The summed E-state index contributed by atoms with van der Waals surface area (Å²) in [6.07, 6.45) is 0. The summed E-state index contributed by atoms with van der Waals surface area (Å²) in [5.41, 5.74) is -0.0115. The van der Waals surface area contributed by atoms with E-state index in [4.69, 9.17) is 4.74 Å². The van der Waals surface area contributed by atoms with Crippen molar-refractivity contribution in [1.82, 2.24) is 14.1 Å². The van der Waals surface area contributed by atoms with E-state index in [1.165, 1.54) is 61.5 Å². The molecule has 11 heteroatoms. The Hall–Kier alpha value is -3.12. The van der Waals surface area contributed by atoms with Crippen LogP contribution in [-0.2, 0) is 24.3 Å². The molecule has 2 aliphatic rings. The van der Waals surface area contributed by atoms with Crippen molar-refractivity contribution in [3.63, 3.8) is 0 Å². The zero-order chi connectivity index (χ0) is 26.0. The number of hydrogen-bond acceptors (Lipinski definition) is 7. The second-order valence-electron chi connectivity index (χ2n) is 8.78. The van der Waals surface area contributed by atoms with Crippen LogP contribution in [0.3, 0.4) is 0 Å². The Bertz CT molecular complexity index is 1290. The first kappa shape index (κ1) is 26.0. The number of hydrogen-bond donors (Lipinski definition) is 1. The normalized spacial score (nSPS) is 20.9. The maximum Gasteiger partial charge on any atom is 0.295 e. The fourth-order valence-electron chi connectivity index (χ4n) is 4.36. The van der Waals surface area contributed by atoms with Gasteiger partial charge in [-0.1, -0.05) is 18.2 Å². The number of sulfonamides is 1. The SMILES string of the molecule is CN(C)S(=O)(=O)c1ccc(/C(O)=C2\C(=O)C(=O)N(CCN3CCOCC3)C2c2ccccc2F)cc1. The Kier molecular flexibility index (Phi) is 7.55. The van der Waals surface area contributed by atoms with Gasteiger partial charge in [0, 0.05) is 51.4 Å². The monoisotopic (exact) mass is 517 g/mol. The van der Waals surface area contributed by atoms with Gasteiger partial charge in [-0.2, -0.15) is 0 Å². The molecule has 1 amide bonds. The lowest BCUT2D eigenvalue weighted by Gasteiger charge is -2.31. The van der Waals surface area contributed by atoms with Crippen LogP contribution in [0.4, 0.5) is 4.39 Å². The van der Waals surface area contributed by atoms with E-state index >= 15 is 0 Å². The lowest BCUT2D eigenvalue weighted by Crippen LogP contribution is -2.42. The first-order valence-corrected chi connectivity index (χ1v) is 12.9. The number of nitrogens with zero attached hydrogens (tertiary/aromatic N) is 3. The fourth-order valence-corrected chi connectivity index (χ4v) is 5.26. The largest absolute Gasteiger partial charge is 0.507 e. The van der Waals surface area contributed by atoms with Crippen molar-refractivity contribution in [3.8, 4) is 0 Å². The predicted octanol–water partition coefficient (Wildman–Crippen LogP) is 1.83. The highest BCUT2D eigenvalue weighted by Crippen LogP contribution is 2.40. The van der Waals surface area contributed by atoms with Crippen LogP contribution in [0.15, 0.2) is 59.0 Å². The minimum absolute atomic E-state index is 0.000617. The van der Waals surface area contributed by atoms with Crippen LogP contribution in [0.5, 0.6) is 0 Å². The molecule has 192 valence electrons. The van der Waals surface area contributed by atoms with Gasteiger partial charge in [-0.05, 0) is 30.3 Å². The molecule has 0 radical (unpaired) electrons. The van der Waals surface area contributed by atoms with E-state index in [0.717, 1.165) is 4.31 Å². The molecule has 2 saturated heterocycles. The van der Waals surface area contributed by atoms with Gasteiger partial charge >= 0.3 is 0 Å². The van der Waals surface area contributed by atoms with Crippen LogP contribution in [0.2, 0.25) is 0 Å². The molecule has 36 heavy (non-hydrogen) atoms.